The van der Waals surface area contributed by atoms with E-state index in [1.807, 2.05) is 9.80 Å². The minimum absolute atomic E-state index is 0.0148. The Hall–Kier alpha value is -0.820. The zero-order chi connectivity index (χ0) is 14.2. The quantitative estimate of drug-likeness (QED) is 0.774. The topological polar surface area (TPSA) is 69.7 Å². The lowest BCUT2D eigenvalue weighted by Crippen LogP contribution is -2.76. The van der Waals surface area contributed by atoms with E-state index in [2.05, 4.69) is 5.32 Å². The van der Waals surface area contributed by atoms with Crippen molar-refractivity contribution in [3.63, 3.8) is 0 Å². The molecule has 5 aliphatic rings. The minimum atomic E-state index is -2.91. The number of carbonyl (C=O) groups is 1. The highest BCUT2D eigenvalue weighted by Gasteiger charge is 2.72. The van der Waals surface area contributed by atoms with Crippen LogP contribution in [0.3, 0.4) is 0 Å². The summed E-state index contributed by atoms with van der Waals surface area (Å²) in [6.07, 6.45) is 3.96. The van der Waals surface area contributed by atoms with Gasteiger partial charge in [0.05, 0.1) is 11.8 Å². The molecule has 0 aromatic rings. The Bertz CT molecular complexity index is 554. The third kappa shape index (κ3) is 1.65. The zero-order valence-corrected chi connectivity index (χ0v) is 12.6. The highest BCUT2D eigenvalue weighted by molar-refractivity contribution is 7.90. The largest absolute Gasteiger partial charge is 0.320 e. The lowest BCUT2D eigenvalue weighted by Gasteiger charge is -2.73. The van der Waals surface area contributed by atoms with Gasteiger partial charge in [0.15, 0.2) is 0 Å². The van der Waals surface area contributed by atoms with Crippen molar-refractivity contribution >= 4 is 15.9 Å². The summed E-state index contributed by atoms with van der Waals surface area (Å²) in [5.41, 5.74) is -0.0334. The van der Waals surface area contributed by atoms with Gasteiger partial charge in [-0.15, -0.1) is 0 Å². The summed E-state index contributed by atoms with van der Waals surface area (Å²) >= 11 is 0. The Morgan fingerprint density at radius 3 is 2.65 bits per heavy atom. The molecule has 2 saturated heterocycles. The first-order valence-electron chi connectivity index (χ1n) is 7.29. The molecular formula is C13H21N3O3S. The zero-order valence-electron chi connectivity index (χ0n) is 11.8. The third-order valence-corrected chi connectivity index (χ3v) is 6.61. The highest BCUT2D eigenvalue weighted by Crippen LogP contribution is 2.70. The van der Waals surface area contributed by atoms with Crippen LogP contribution in [-0.4, -0.2) is 74.0 Å². The molecule has 5 rings (SSSR count). The molecule has 2 bridgehead atoms. The molecule has 1 N–H and O–H groups in total. The van der Waals surface area contributed by atoms with Crippen LogP contribution in [0, 0.1) is 5.41 Å². The Balaban J connectivity index is 1.46. The summed E-state index contributed by atoms with van der Waals surface area (Å²) in [5, 5.41) is 3.34. The van der Waals surface area contributed by atoms with E-state index in [-0.39, 0.29) is 17.0 Å². The summed E-state index contributed by atoms with van der Waals surface area (Å²) in [5.74, 6) is 0.290. The summed E-state index contributed by atoms with van der Waals surface area (Å²) in [4.78, 5) is 16.5. The number of nitrogens with zero attached hydrogens (tertiary/aromatic N) is 2. The first-order valence-corrected chi connectivity index (χ1v) is 9.35. The molecule has 0 spiro atoms. The number of urea groups is 1. The molecule has 7 heteroatoms. The molecule has 0 radical (unpaired) electrons. The lowest BCUT2D eigenvalue weighted by molar-refractivity contribution is -0.185. The Kier molecular flexibility index (Phi) is 2.37. The fraction of sp³-hybridized carbons (Fsp3) is 0.923. The third-order valence-electron chi connectivity index (χ3n) is 5.47. The van der Waals surface area contributed by atoms with Crippen LogP contribution in [0.2, 0.25) is 0 Å². The van der Waals surface area contributed by atoms with Gasteiger partial charge in [-0.1, -0.05) is 0 Å². The molecule has 0 aromatic carbocycles. The molecule has 3 aliphatic carbocycles. The molecule has 2 heterocycles. The molecule has 20 heavy (non-hydrogen) atoms. The summed E-state index contributed by atoms with van der Waals surface area (Å²) in [6.45, 7) is 3.36. The molecule has 112 valence electrons. The number of piperazine rings is 1. The first-order chi connectivity index (χ1) is 9.33. The van der Waals surface area contributed by atoms with Gasteiger partial charge in [-0.3, -0.25) is 0 Å². The van der Waals surface area contributed by atoms with Gasteiger partial charge in [-0.05, 0) is 24.7 Å². The average molecular weight is 299 g/mol. The Morgan fingerprint density at radius 1 is 1.35 bits per heavy atom. The van der Waals surface area contributed by atoms with Crippen LogP contribution in [0.25, 0.3) is 0 Å². The van der Waals surface area contributed by atoms with Gasteiger partial charge in [0.1, 0.15) is 9.84 Å². The monoisotopic (exact) mass is 299 g/mol. The van der Waals surface area contributed by atoms with Gasteiger partial charge in [0.2, 0.25) is 0 Å². The molecular weight excluding hydrogens is 278 g/mol. The molecule has 3 saturated carbocycles. The molecule has 0 aromatic heterocycles. The first kappa shape index (κ1) is 12.9. The van der Waals surface area contributed by atoms with E-state index in [9.17, 15) is 13.2 Å². The number of hydrogen-bond acceptors (Lipinski definition) is 4. The average Bonchev–Trinajstić information content (AvgIpc) is 2.59. The number of fused-ring (bicyclic) bond motifs is 1. The fourth-order valence-electron chi connectivity index (χ4n) is 4.95. The van der Waals surface area contributed by atoms with Gasteiger partial charge in [-0.25, -0.2) is 13.2 Å². The van der Waals surface area contributed by atoms with E-state index >= 15 is 0 Å². The van der Waals surface area contributed by atoms with E-state index in [1.165, 1.54) is 6.26 Å². The predicted octanol–water partition coefficient (Wildman–Crippen LogP) is -0.337. The normalized spacial score (nSPS) is 43.0. The summed E-state index contributed by atoms with van der Waals surface area (Å²) < 4.78 is 22.9. The van der Waals surface area contributed by atoms with Crippen molar-refractivity contribution in [3.05, 3.63) is 0 Å². The molecule has 2 amide bonds. The number of amides is 2. The van der Waals surface area contributed by atoms with Gasteiger partial charge in [-0.2, -0.15) is 0 Å². The van der Waals surface area contributed by atoms with Gasteiger partial charge in [0.25, 0.3) is 0 Å². The lowest BCUT2D eigenvalue weighted by atomic mass is 9.39. The van der Waals surface area contributed by atoms with Crippen molar-refractivity contribution in [2.45, 2.75) is 30.8 Å². The number of nitrogens with one attached hydrogen (secondary N) is 1. The van der Waals surface area contributed by atoms with Gasteiger partial charge in [0, 0.05) is 38.0 Å². The van der Waals surface area contributed by atoms with Crippen molar-refractivity contribution in [1.82, 2.24) is 15.1 Å². The second-order valence-corrected chi connectivity index (χ2v) is 9.41. The van der Waals surface area contributed by atoms with Crippen molar-refractivity contribution in [3.8, 4) is 0 Å². The number of rotatable bonds is 3. The van der Waals surface area contributed by atoms with Crippen LogP contribution in [0.5, 0.6) is 0 Å². The Labute approximate surface area is 119 Å². The van der Waals surface area contributed by atoms with Crippen LogP contribution in [0.15, 0.2) is 0 Å². The summed E-state index contributed by atoms with van der Waals surface area (Å²) in [7, 11) is -2.91. The van der Waals surface area contributed by atoms with E-state index < -0.39 is 9.84 Å². The van der Waals surface area contributed by atoms with Crippen molar-refractivity contribution in [1.29, 1.82) is 0 Å². The van der Waals surface area contributed by atoms with Crippen LogP contribution in [-0.2, 0) is 9.84 Å². The molecule has 2 aliphatic heterocycles. The maximum Gasteiger partial charge on any atom is 0.320 e. The van der Waals surface area contributed by atoms with Crippen molar-refractivity contribution < 1.29 is 13.2 Å². The smallest absolute Gasteiger partial charge is 0.317 e. The SMILES string of the molecule is CS(=O)(=O)CC12CC(N3CC4CNCCN4C3=O)(C1)C2. The second kappa shape index (κ2) is 3.68. The molecule has 1 unspecified atom stereocenters. The van der Waals surface area contributed by atoms with Crippen LogP contribution in [0.4, 0.5) is 4.79 Å². The van der Waals surface area contributed by atoms with Crippen molar-refractivity contribution in [2.75, 3.05) is 38.2 Å². The van der Waals surface area contributed by atoms with Crippen molar-refractivity contribution in [2.24, 2.45) is 5.41 Å². The van der Waals surface area contributed by atoms with Crippen LogP contribution < -0.4 is 5.32 Å². The number of hydrogen-bond donors (Lipinski definition) is 1. The van der Waals surface area contributed by atoms with E-state index in [0.717, 1.165) is 45.4 Å². The maximum atomic E-state index is 12.5. The van der Waals surface area contributed by atoms with Gasteiger partial charge >= 0.3 is 6.03 Å². The second-order valence-electron chi connectivity index (χ2n) is 7.27. The van der Waals surface area contributed by atoms with E-state index in [0.29, 0.717) is 11.8 Å². The maximum absolute atomic E-state index is 12.5. The summed E-state index contributed by atoms with van der Waals surface area (Å²) in [6, 6.07) is 0.472. The standard InChI is InChI=1S/C13H21N3O3S/c1-20(18,19)9-12-6-13(7-12,8-12)16-5-10-4-14-2-3-15(10)11(16)17/h10,14H,2-9H2,1H3. The number of carbonyl (C=O) groups excluding carboxylic acids is 1. The predicted molar refractivity (Wildman–Crippen MR) is 74.2 cm³/mol. The fourth-order valence-corrected chi connectivity index (χ4v) is 6.37. The Morgan fingerprint density at radius 2 is 2.05 bits per heavy atom. The van der Waals surface area contributed by atoms with E-state index in [1.54, 1.807) is 0 Å². The van der Waals surface area contributed by atoms with Gasteiger partial charge < -0.3 is 15.1 Å². The minimum Gasteiger partial charge on any atom is -0.317 e. The highest BCUT2D eigenvalue weighted by atomic mass is 32.2. The molecule has 5 fully saturated rings. The van der Waals surface area contributed by atoms with Crippen LogP contribution >= 0.6 is 0 Å². The van der Waals surface area contributed by atoms with Crippen LogP contribution in [0.1, 0.15) is 19.3 Å². The molecule has 1 atom stereocenters. The molecule has 6 nitrogen and oxygen atoms in total. The number of sulfone groups is 1. The van der Waals surface area contributed by atoms with E-state index in [4.69, 9.17) is 0 Å².